The van der Waals surface area contributed by atoms with E-state index in [4.69, 9.17) is 0 Å². The molecule has 8 aromatic rings. The lowest BCUT2D eigenvalue weighted by Crippen LogP contribution is -2.14. The highest BCUT2D eigenvalue weighted by Gasteiger charge is 2.36. The molecule has 10 rings (SSSR count). The van der Waals surface area contributed by atoms with Crippen LogP contribution >= 0.6 is 15.9 Å². The number of halogens is 1. The second-order valence-electron chi connectivity index (χ2n) is 14.6. The predicted molar refractivity (Wildman–Crippen MR) is 204 cm³/mol. The number of hydrogen-bond acceptors (Lipinski definition) is 0. The molecule has 0 aromatic heterocycles. The Morgan fingerprint density at radius 3 is 1.49 bits per heavy atom. The topological polar surface area (TPSA) is 0 Å². The number of rotatable bonds is 2. The molecule has 1 heteroatoms. The van der Waals surface area contributed by atoms with Gasteiger partial charge in [0, 0.05) is 15.3 Å². The quantitative estimate of drug-likeness (QED) is 0.161. The van der Waals surface area contributed by atoms with Crippen LogP contribution in [-0.4, -0.2) is 0 Å². The van der Waals surface area contributed by atoms with Crippen LogP contribution in [0.4, 0.5) is 0 Å². The summed E-state index contributed by atoms with van der Waals surface area (Å²) in [5.41, 5.74) is 16.1. The van der Waals surface area contributed by atoms with Crippen molar-refractivity contribution in [2.75, 3.05) is 0 Å². The summed E-state index contributed by atoms with van der Waals surface area (Å²) in [5.74, 6) is 0. The highest BCUT2D eigenvalue weighted by atomic mass is 79.9. The third-order valence-corrected chi connectivity index (χ3v) is 12.2. The Labute approximate surface area is 284 Å². The smallest absolute Gasteiger partial charge is 0.0260 e. The Hall–Kier alpha value is -4.72. The van der Waals surface area contributed by atoms with Crippen molar-refractivity contribution in [3.8, 4) is 44.5 Å². The molecule has 0 atom stereocenters. The molecule has 0 radical (unpaired) electrons. The average Bonchev–Trinajstić information content (AvgIpc) is 3.47. The van der Waals surface area contributed by atoms with Gasteiger partial charge in [0.2, 0.25) is 0 Å². The second kappa shape index (κ2) is 9.21. The van der Waals surface area contributed by atoms with Gasteiger partial charge in [-0.05, 0) is 117 Å². The van der Waals surface area contributed by atoms with Gasteiger partial charge in [-0.3, -0.25) is 0 Å². The molecule has 0 spiro atoms. The van der Waals surface area contributed by atoms with Gasteiger partial charge in [-0.1, -0.05) is 153 Å². The average molecular weight is 666 g/mol. The van der Waals surface area contributed by atoms with E-state index in [-0.39, 0.29) is 10.8 Å². The summed E-state index contributed by atoms with van der Waals surface area (Å²) in [6.45, 7) is 9.45. The van der Waals surface area contributed by atoms with E-state index < -0.39 is 0 Å². The summed E-state index contributed by atoms with van der Waals surface area (Å²) in [7, 11) is 0. The molecule has 0 heterocycles. The zero-order chi connectivity index (χ0) is 31.8. The van der Waals surface area contributed by atoms with Crippen LogP contribution in [0, 0.1) is 0 Å². The Bertz CT molecular complexity index is 2630. The number of fused-ring (bicyclic) bond motifs is 6. The molecule has 2 aliphatic carbocycles. The van der Waals surface area contributed by atoms with E-state index in [1.165, 1.54) is 99.1 Å². The first-order valence-electron chi connectivity index (χ1n) is 16.6. The summed E-state index contributed by atoms with van der Waals surface area (Å²) in [4.78, 5) is 0. The summed E-state index contributed by atoms with van der Waals surface area (Å²) in [5, 5.41) is 7.84. The van der Waals surface area contributed by atoms with E-state index in [0.717, 1.165) is 4.47 Å². The summed E-state index contributed by atoms with van der Waals surface area (Å²) < 4.78 is 1.14. The van der Waals surface area contributed by atoms with Crippen molar-refractivity contribution in [3.05, 3.63) is 154 Å². The van der Waals surface area contributed by atoms with E-state index >= 15 is 0 Å². The normalized spacial score (nSPS) is 15.3. The van der Waals surface area contributed by atoms with Crippen molar-refractivity contribution in [1.29, 1.82) is 0 Å². The minimum atomic E-state index is -0.0380. The van der Waals surface area contributed by atoms with Crippen LogP contribution in [-0.2, 0) is 10.8 Å². The largest absolute Gasteiger partial charge is 0.0619 e. The third-order valence-electron chi connectivity index (χ3n) is 11.5. The minimum Gasteiger partial charge on any atom is -0.0619 e. The maximum atomic E-state index is 4.02. The van der Waals surface area contributed by atoms with Gasteiger partial charge in [0.15, 0.2) is 0 Å². The standard InChI is InChI=1S/C46H33Br/c1-45(2)38-11-7-5-9-30(38)32-18-15-27(23-40(32)45)29-17-13-26-14-20-35-37(25-42(47)36-22-21-34(29)43(26)44(35)36)28-16-19-33-31-10-6-8-12-39(31)46(3,4)41(33)24-28/h5-25H,1-4H3. The van der Waals surface area contributed by atoms with Crippen LogP contribution < -0.4 is 0 Å². The summed E-state index contributed by atoms with van der Waals surface area (Å²) >= 11 is 4.02. The van der Waals surface area contributed by atoms with Crippen molar-refractivity contribution in [1.82, 2.24) is 0 Å². The molecule has 0 amide bonds. The van der Waals surface area contributed by atoms with Gasteiger partial charge in [0.25, 0.3) is 0 Å². The number of hydrogen-bond donors (Lipinski definition) is 0. The first kappa shape index (κ1) is 27.4. The molecule has 0 saturated carbocycles. The molecule has 0 saturated heterocycles. The molecule has 2 aliphatic rings. The lowest BCUT2D eigenvalue weighted by atomic mass is 9.80. The fraction of sp³-hybridized carbons (Fsp3) is 0.130. The fourth-order valence-electron chi connectivity index (χ4n) is 9.09. The van der Waals surface area contributed by atoms with Crippen LogP contribution in [0.15, 0.2) is 132 Å². The van der Waals surface area contributed by atoms with Crippen molar-refractivity contribution in [2.45, 2.75) is 38.5 Å². The zero-order valence-electron chi connectivity index (χ0n) is 27.0. The zero-order valence-corrected chi connectivity index (χ0v) is 28.6. The van der Waals surface area contributed by atoms with Crippen LogP contribution in [0.3, 0.4) is 0 Å². The Kier molecular flexibility index (Phi) is 5.37. The second-order valence-corrected chi connectivity index (χ2v) is 15.5. The van der Waals surface area contributed by atoms with Gasteiger partial charge in [-0.2, -0.15) is 0 Å². The van der Waals surface area contributed by atoms with Gasteiger partial charge in [0.05, 0.1) is 0 Å². The van der Waals surface area contributed by atoms with Crippen molar-refractivity contribution in [3.63, 3.8) is 0 Å². The number of benzene rings is 8. The Morgan fingerprint density at radius 1 is 0.383 bits per heavy atom. The molecule has 224 valence electrons. The molecule has 8 aromatic carbocycles. The first-order chi connectivity index (χ1) is 22.7. The highest BCUT2D eigenvalue weighted by molar-refractivity contribution is 9.10. The lowest BCUT2D eigenvalue weighted by Gasteiger charge is -2.23. The lowest BCUT2D eigenvalue weighted by molar-refractivity contribution is 0.660. The van der Waals surface area contributed by atoms with Crippen LogP contribution in [0.25, 0.3) is 76.8 Å². The molecular formula is C46H33Br. The molecule has 0 nitrogen and oxygen atoms in total. The van der Waals surface area contributed by atoms with Crippen molar-refractivity contribution >= 4 is 48.2 Å². The van der Waals surface area contributed by atoms with E-state index in [2.05, 4.69) is 171 Å². The van der Waals surface area contributed by atoms with Gasteiger partial charge >= 0.3 is 0 Å². The fourth-order valence-corrected chi connectivity index (χ4v) is 9.65. The maximum absolute atomic E-state index is 4.02. The van der Waals surface area contributed by atoms with Gasteiger partial charge < -0.3 is 0 Å². The Balaban J connectivity index is 1.19. The van der Waals surface area contributed by atoms with E-state index in [9.17, 15) is 0 Å². The van der Waals surface area contributed by atoms with Crippen molar-refractivity contribution < 1.29 is 0 Å². The first-order valence-corrected chi connectivity index (χ1v) is 17.4. The van der Waals surface area contributed by atoms with E-state index in [1.54, 1.807) is 0 Å². The molecule has 0 bridgehead atoms. The van der Waals surface area contributed by atoms with Gasteiger partial charge in [-0.25, -0.2) is 0 Å². The Morgan fingerprint density at radius 2 is 0.851 bits per heavy atom. The monoisotopic (exact) mass is 664 g/mol. The molecule has 0 fully saturated rings. The predicted octanol–water partition coefficient (Wildman–Crippen LogP) is 13.3. The van der Waals surface area contributed by atoms with Crippen LogP contribution in [0.5, 0.6) is 0 Å². The molecule has 0 aliphatic heterocycles. The van der Waals surface area contributed by atoms with Crippen LogP contribution in [0.1, 0.15) is 49.9 Å². The van der Waals surface area contributed by atoms with E-state index in [1.807, 2.05) is 0 Å². The van der Waals surface area contributed by atoms with Gasteiger partial charge in [0.1, 0.15) is 0 Å². The molecule has 0 unspecified atom stereocenters. The highest BCUT2D eigenvalue weighted by Crippen LogP contribution is 2.52. The summed E-state index contributed by atoms with van der Waals surface area (Å²) in [6, 6.07) is 48.3. The maximum Gasteiger partial charge on any atom is 0.0260 e. The molecule has 47 heavy (non-hydrogen) atoms. The van der Waals surface area contributed by atoms with Gasteiger partial charge in [-0.15, -0.1) is 0 Å². The van der Waals surface area contributed by atoms with Crippen molar-refractivity contribution in [2.24, 2.45) is 0 Å². The van der Waals surface area contributed by atoms with E-state index in [0.29, 0.717) is 0 Å². The molecular weight excluding hydrogens is 632 g/mol. The third kappa shape index (κ3) is 3.53. The minimum absolute atomic E-state index is 0.0305. The SMILES string of the molecule is CC1(C)c2ccccc2-c2ccc(-c3ccc4ccc5c(-c6ccc7c(c6)C(C)(C)c6ccccc6-7)cc(Br)c6ccc3c4c65)cc21. The van der Waals surface area contributed by atoms with Crippen LogP contribution in [0.2, 0.25) is 0 Å². The molecule has 0 N–H and O–H groups in total. The summed E-state index contributed by atoms with van der Waals surface area (Å²) in [6.07, 6.45) is 0.